The molecule has 2 unspecified atom stereocenters. The average molecular weight is 313 g/mol. The second-order valence-electron chi connectivity index (χ2n) is 4.74. The van der Waals surface area contributed by atoms with Crippen LogP contribution < -0.4 is 15.4 Å². The van der Waals surface area contributed by atoms with Gasteiger partial charge >= 0.3 is 0 Å². The molecular formula is C12H15N3O5S. The summed E-state index contributed by atoms with van der Waals surface area (Å²) in [4.78, 5) is 21.9. The van der Waals surface area contributed by atoms with Crippen molar-refractivity contribution in [2.75, 3.05) is 29.2 Å². The number of nitro groups is 1. The van der Waals surface area contributed by atoms with Gasteiger partial charge < -0.3 is 15.4 Å². The van der Waals surface area contributed by atoms with Crippen LogP contribution in [0.5, 0.6) is 5.75 Å². The second-order valence-corrected chi connectivity index (χ2v) is 6.22. The smallest absolute Gasteiger partial charge is 0.296 e. The van der Waals surface area contributed by atoms with Crippen molar-refractivity contribution in [1.29, 1.82) is 0 Å². The van der Waals surface area contributed by atoms with Gasteiger partial charge in [0, 0.05) is 28.9 Å². The number of ether oxygens (including phenoxy) is 1. The molecule has 1 aromatic carbocycles. The third kappa shape index (κ3) is 3.69. The number of nitrogens with zero attached hydrogens (tertiary/aromatic N) is 1. The maximum Gasteiger partial charge on any atom is 0.296 e. The fraction of sp³-hybridized carbons (Fsp3) is 0.417. The van der Waals surface area contributed by atoms with E-state index < -0.39 is 15.7 Å². The summed E-state index contributed by atoms with van der Waals surface area (Å²) in [6.45, 7) is 1.61. The van der Waals surface area contributed by atoms with E-state index in [1.165, 1.54) is 12.1 Å². The number of hydrogen-bond donors (Lipinski definition) is 2. The average Bonchev–Trinajstić information content (AvgIpc) is 2.36. The number of amides is 1. The van der Waals surface area contributed by atoms with Gasteiger partial charge in [-0.2, -0.15) is 0 Å². The van der Waals surface area contributed by atoms with Gasteiger partial charge in [0.25, 0.3) is 11.6 Å². The van der Waals surface area contributed by atoms with Gasteiger partial charge in [-0.25, -0.2) is 0 Å². The van der Waals surface area contributed by atoms with Crippen molar-refractivity contribution in [1.82, 2.24) is 0 Å². The summed E-state index contributed by atoms with van der Waals surface area (Å²) in [5.41, 5.74) is 0.477. The normalized spacial score (nSPS) is 16.2. The van der Waals surface area contributed by atoms with Crippen LogP contribution in [0.15, 0.2) is 12.1 Å². The summed E-state index contributed by atoms with van der Waals surface area (Å²) in [6, 6.07) is 2.51. The molecule has 1 aliphatic heterocycles. The maximum atomic E-state index is 11.3. The molecule has 1 aromatic rings. The van der Waals surface area contributed by atoms with Gasteiger partial charge in [-0.15, -0.1) is 0 Å². The molecule has 0 fully saturated rings. The number of nitro benzene ring substituents is 1. The highest BCUT2D eigenvalue weighted by atomic mass is 32.2. The van der Waals surface area contributed by atoms with Crippen LogP contribution in [0.2, 0.25) is 0 Å². The van der Waals surface area contributed by atoms with E-state index in [9.17, 15) is 19.1 Å². The van der Waals surface area contributed by atoms with Crippen LogP contribution in [0.4, 0.5) is 17.1 Å². The van der Waals surface area contributed by atoms with Crippen molar-refractivity contribution in [3.8, 4) is 5.75 Å². The van der Waals surface area contributed by atoms with Crippen LogP contribution in [0, 0.1) is 10.1 Å². The third-order valence-corrected chi connectivity index (χ3v) is 3.78. The highest BCUT2D eigenvalue weighted by Gasteiger charge is 2.24. The van der Waals surface area contributed by atoms with Crippen molar-refractivity contribution < 1.29 is 18.7 Å². The molecule has 0 aliphatic carbocycles. The first kappa shape index (κ1) is 15.2. The largest absolute Gasteiger partial charge is 0.481 e. The Balaban J connectivity index is 2.34. The van der Waals surface area contributed by atoms with Crippen molar-refractivity contribution in [2.45, 2.75) is 13.0 Å². The zero-order valence-electron chi connectivity index (χ0n) is 11.5. The molecule has 0 aromatic heterocycles. The van der Waals surface area contributed by atoms with E-state index in [0.29, 0.717) is 11.4 Å². The van der Waals surface area contributed by atoms with Gasteiger partial charge in [0.1, 0.15) is 5.69 Å². The molecule has 9 heteroatoms. The molecule has 8 nitrogen and oxygen atoms in total. The van der Waals surface area contributed by atoms with Gasteiger partial charge in [-0.05, 0) is 13.0 Å². The molecular weight excluding hydrogens is 298 g/mol. The number of hydrogen-bond acceptors (Lipinski definition) is 6. The summed E-state index contributed by atoms with van der Waals surface area (Å²) in [5.74, 6) is 0.306. The highest BCUT2D eigenvalue weighted by molar-refractivity contribution is 7.84. The lowest BCUT2D eigenvalue weighted by molar-refractivity contribution is -0.384. The number of nitrogens with one attached hydrogen (secondary N) is 2. The Morgan fingerprint density at radius 2 is 2.29 bits per heavy atom. The SMILES string of the molecule is CC(CS(C)=O)Nc1cc2c(cc1[N+](=O)[O-])OCC(=O)N2. The minimum absolute atomic E-state index is 0.154. The number of benzene rings is 1. The Morgan fingerprint density at radius 3 is 2.90 bits per heavy atom. The molecule has 0 bridgehead atoms. The molecule has 1 heterocycles. The molecule has 2 N–H and O–H groups in total. The van der Waals surface area contributed by atoms with E-state index in [2.05, 4.69) is 10.6 Å². The molecule has 2 rings (SSSR count). The first-order valence-electron chi connectivity index (χ1n) is 6.18. The van der Waals surface area contributed by atoms with Crippen molar-refractivity contribution in [3.05, 3.63) is 22.2 Å². The van der Waals surface area contributed by atoms with Crippen LogP contribution in [-0.4, -0.2) is 39.7 Å². The van der Waals surface area contributed by atoms with Crippen LogP contribution >= 0.6 is 0 Å². The molecule has 1 amide bonds. The first-order chi connectivity index (χ1) is 9.86. The molecule has 114 valence electrons. The third-order valence-electron chi connectivity index (χ3n) is 2.81. The fourth-order valence-electron chi connectivity index (χ4n) is 2.04. The first-order valence-corrected chi connectivity index (χ1v) is 7.91. The lowest BCUT2D eigenvalue weighted by Crippen LogP contribution is -2.26. The highest BCUT2D eigenvalue weighted by Crippen LogP contribution is 2.38. The Bertz CT molecular complexity index is 619. The van der Waals surface area contributed by atoms with Gasteiger partial charge in [0.15, 0.2) is 12.4 Å². The second kappa shape index (κ2) is 6.08. The fourth-order valence-corrected chi connectivity index (χ4v) is 2.83. The minimum atomic E-state index is -1.02. The lowest BCUT2D eigenvalue weighted by atomic mass is 10.2. The summed E-state index contributed by atoms with van der Waals surface area (Å²) in [7, 11) is -1.02. The number of carbonyl (C=O) groups is 1. The van der Waals surface area contributed by atoms with E-state index >= 15 is 0 Å². The topological polar surface area (TPSA) is 111 Å². The van der Waals surface area contributed by atoms with E-state index in [0.717, 1.165) is 0 Å². The molecule has 0 saturated heterocycles. The van der Waals surface area contributed by atoms with Crippen LogP contribution in [0.25, 0.3) is 0 Å². The predicted molar refractivity (Wildman–Crippen MR) is 79.2 cm³/mol. The van der Waals surface area contributed by atoms with Crippen molar-refractivity contribution in [2.24, 2.45) is 0 Å². The van der Waals surface area contributed by atoms with E-state index in [1.54, 1.807) is 13.2 Å². The summed E-state index contributed by atoms with van der Waals surface area (Å²) >= 11 is 0. The lowest BCUT2D eigenvalue weighted by Gasteiger charge is -2.20. The monoisotopic (exact) mass is 313 g/mol. The van der Waals surface area contributed by atoms with E-state index in [-0.39, 0.29) is 35.7 Å². The molecule has 0 radical (unpaired) electrons. The molecule has 21 heavy (non-hydrogen) atoms. The number of anilines is 2. The Morgan fingerprint density at radius 1 is 1.57 bits per heavy atom. The Hall–Kier alpha value is -2.16. The predicted octanol–water partition coefficient (Wildman–Crippen LogP) is 1.10. The van der Waals surface area contributed by atoms with Crippen molar-refractivity contribution in [3.63, 3.8) is 0 Å². The minimum Gasteiger partial charge on any atom is -0.481 e. The van der Waals surface area contributed by atoms with Crippen molar-refractivity contribution >= 4 is 33.8 Å². The molecule has 2 atom stereocenters. The zero-order chi connectivity index (χ0) is 15.6. The van der Waals surface area contributed by atoms with Crippen LogP contribution in [0.3, 0.4) is 0 Å². The quantitative estimate of drug-likeness (QED) is 0.622. The molecule has 0 spiro atoms. The standard InChI is InChI=1S/C12H15N3O5S/c1-7(6-21(2)19)13-8-3-9-11(4-10(8)15(17)18)20-5-12(16)14-9/h3-4,7,13H,5-6H2,1-2H3,(H,14,16). The maximum absolute atomic E-state index is 11.3. The van der Waals surface area contributed by atoms with Crippen LogP contribution in [-0.2, 0) is 15.6 Å². The van der Waals surface area contributed by atoms with E-state index in [1.807, 2.05) is 0 Å². The van der Waals surface area contributed by atoms with Crippen LogP contribution in [0.1, 0.15) is 6.92 Å². The van der Waals surface area contributed by atoms with Gasteiger partial charge in [0.2, 0.25) is 0 Å². The Labute approximate surface area is 123 Å². The van der Waals surface area contributed by atoms with Gasteiger partial charge in [-0.1, -0.05) is 0 Å². The summed E-state index contributed by atoms with van der Waals surface area (Å²) in [6.07, 6.45) is 1.56. The van der Waals surface area contributed by atoms with E-state index in [4.69, 9.17) is 4.74 Å². The molecule has 0 saturated carbocycles. The zero-order valence-corrected chi connectivity index (χ0v) is 12.4. The number of rotatable bonds is 5. The van der Waals surface area contributed by atoms with Gasteiger partial charge in [0.05, 0.1) is 16.7 Å². The van der Waals surface area contributed by atoms with Gasteiger partial charge in [-0.3, -0.25) is 19.1 Å². The summed E-state index contributed by atoms with van der Waals surface area (Å²) in [5, 5.41) is 16.7. The Kier molecular flexibility index (Phi) is 4.41. The number of fused-ring (bicyclic) bond motifs is 1. The molecule has 1 aliphatic rings. The number of carbonyl (C=O) groups excluding carboxylic acids is 1. The summed E-state index contributed by atoms with van der Waals surface area (Å²) < 4.78 is 16.4.